The van der Waals surface area contributed by atoms with E-state index in [-0.39, 0.29) is 17.0 Å². The number of hydrogen-bond acceptors (Lipinski definition) is 3. The SMILES string of the molecule is [2H]C([2H])([2H])c1ccc(-c2cccc3c2oc2nc(C(C)(C([2H])([2H])[2H])C([2H])([2H])[2H])ccc23)nc1. The lowest BCUT2D eigenvalue weighted by Gasteiger charge is -2.16. The normalized spacial score (nSPS) is 19.3. The van der Waals surface area contributed by atoms with Crippen LogP contribution in [-0.4, -0.2) is 9.97 Å². The number of benzene rings is 1. The van der Waals surface area contributed by atoms with Crippen LogP contribution in [0, 0.1) is 6.85 Å². The Morgan fingerprint density at radius 1 is 1.04 bits per heavy atom. The van der Waals surface area contributed by atoms with Crippen molar-refractivity contribution in [1.29, 1.82) is 0 Å². The summed E-state index contributed by atoms with van der Waals surface area (Å²) in [7, 11) is 0. The minimum absolute atomic E-state index is 0.105. The van der Waals surface area contributed by atoms with E-state index in [1.165, 1.54) is 18.3 Å². The van der Waals surface area contributed by atoms with Crippen LogP contribution in [0.4, 0.5) is 0 Å². The van der Waals surface area contributed by atoms with Gasteiger partial charge in [0.05, 0.1) is 5.69 Å². The largest absolute Gasteiger partial charge is 0.437 e. The lowest BCUT2D eigenvalue weighted by molar-refractivity contribution is 0.562. The standard InChI is InChI=1S/C21H20N2O/c1-13-8-10-17(22-12-13)16-7-5-6-14-15-9-11-18(21(2,3)4)23-20(15)24-19(14)16/h5-12H,1-4H3/i1D3,2D3,3D3. The van der Waals surface area contributed by atoms with Crippen LogP contribution >= 0.6 is 0 Å². The van der Waals surface area contributed by atoms with Gasteiger partial charge in [-0.1, -0.05) is 38.8 Å². The Hall–Kier alpha value is -2.68. The Bertz CT molecular complexity index is 1320. The molecule has 0 fully saturated rings. The summed E-state index contributed by atoms with van der Waals surface area (Å²) in [6.45, 7) is -6.77. The monoisotopic (exact) mass is 325 g/mol. The van der Waals surface area contributed by atoms with Crippen molar-refractivity contribution in [3.05, 3.63) is 59.9 Å². The molecule has 0 aliphatic carbocycles. The van der Waals surface area contributed by atoms with Crippen molar-refractivity contribution in [2.24, 2.45) is 0 Å². The van der Waals surface area contributed by atoms with Crippen molar-refractivity contribution in [1.82, 2.24) is 9.97 Å². The van der Waals surface area contributed by atoms with Crippen molar-refractivity contribution in [2.45, 2.75) is 32.9 Å². The van der Waals surface area contributed by atoms with Gasteiger partial charge in [-0.15, -0.1) is 0 Å². The van der Waals surface area contributed by atoms with Crippen LogP contribution in [0.25, 0.3) is 33.3 Å². The smallest absolute Gasteiger partial charge is 0.227 e. The molecule has 1 aromatic carbocycles. The third-order valence-electron chi connectivity index (χ3n) is 3.92. The van der Waals surface area contributed by atoms with Gasteiger partial charge in [0.2, 0.25) is 5.71 Å². The van der Waals surface area contributed by atoms with Crippen molar-refractivity contribution in [3.63, 3.8) is 0 Å². The molecule has 0 amide bonds. The third-order valence-corrected chi connectivity index (χ3v) is 3.92. The maximum Gasteiger partial charge on any atom is 0.227 e. The van der Waals surface area contributed by atoms with Gasteiger partial charge >= 0.3 is 0 Å². The molecule has 0 unspecified atom stereocenters. The molecule has 3 heteroatoms. The van der Waals surface area contributed by atoms with Gasteiger partial charge < -0.3 is 4.42 Å². The molecule has 3 nitrogen and oxygen atoms in total. The predicted molar refractivity (Wildman–Crippen MR) is 98.2 cm³/mol. The minimum atomic E-state index is -2.83. The van der Waals surface area contributed by atoms with E-state index in [4.69, 9.17) is 16.8 Å². The molecule has 24 heavy (non-hydrogen) atoms. The number of aromatic nitrogens is 2. The average Bonchev–Trinajstić information content (AvgIpc) is 3.09. The summed E-state index contributed by atoms with van der Waals surface area (Å²) >= 11 is 0. The highest BCUT2D eigenvalue weighted by atomic mass is 16.3. The number of rotatable bonds is 1. The maximum atomic E-state index is 7.86. The van der Waals surface area contributed by atoms with Gasteiger partial charge in [0.25, 0.3) is 0 Å². The molecule has 0 N–H and O–H groups in total. The zero-order valence-electron chi connectivity index (χ0n) is 21.9. The molecule has 0 saturated carbocycles. The van der Waals surface area contributed by atoms with E-state index in [0.717, 1.165) is 6.92 Å². The molecule has 4 aromatic rings. The number of nitrogens with zero attached hydrogens (tertiary/aromatic N) is 2. The predicted octanol–water partition coefficient (Wildman–Crippen LogP) is 5.65. The Labute approximate surface area is 154 Å². The molecular formula is C21H20N2O. The first-order valence-electron chi connectivity index (χ1n) is 11.9. The lowest BCUT2D eigenvalue weighted by Crippen LogP contribution is -2.12. The van der Waals surface area contributed by atoms with Crippen LogP contribution in [0.1, 0.15) is 44.2 Å². The van der Waals surface area contributed by atoms with Crippen molar-refractivity contribution in [3.8, 4) is 11.3 Å². The van der Waals surface area contributed by atoms with E-state index < -0.39 is 26.0 Å². The summed E-state index contributed by atoms with van der Waals surface area (Å²) in [4.78, 5) is 8.59. The maximum absolute atomic E-state index is 7.86. The Kier molecular flexibility index (Phi) is 1.71. The van der Waals surface area contributed by atoms with Crippen molar-refractivity contribution in [2.75, 3.05) is 0 Å². The number of aryl methyl sites for hydroxylation is 1. The van der Waals surface area contributed by atoms with E-state index in [1.54, 1.807) is 30.3 Å². The van der Waals surface area contributed by atoms with Gasteiger partial charge in [-0.3, -0.25) is 4.98 Å². The van der Waals surface area contributed by atoms with Gasteiger partial charge in [0.15, 0.2) is 0 Å². The van der Waals surface area contributed by atoms with Crippen LogP contribution in [0.3, 0.4) is 0 Å². The van der Waals surface area contributed by atoms with Crippen molar-refractivity contribution >= 4 is 22.1 Å². The Morgan fingerprint density at radius 3 is 2.71 bits per heavy atom. The lowest BCUT2D eigenvalue weighted by atomic mass is 9.91. The molecule has 0 aliphatic rings. The molecule has 0 saturated heterocycles. The van der Waals surface area contributed by atoms with Crippen LogP contribution in [0.15, 0.2) is 53.1 Å². The molecule has 3 aromatic heterocycles. The summed E-state index contributed by atoms with van der Waals surface area (Å²) in [5.74, 6) is 0. The summed E-state index contributed by atoms with van der Waals surface area (Å²) in [5.41, 5.74) is -0.577. The molecule has 4 rings (SSSR count). The highest BCUT2D eigenvalue weighted by Crippen LogP contribution is 2.35. The molecule has 0 radical (unpaired) electrons. The quantitative estimate of drug-likeness (QED) is 0.454. The second-order valence-electron chi connectivity index (χ2n) is 5.89. The fourth-order valence-corrected chi connectivity index (χ4v) is 2.71. The summed E-state index contributed by atoms with van der Waals surface area (Å²) in [6.07, 6.45) is 1.29. The van der Waals surface area contributed by atoms with Crippen molar-refractivity contribution < 1.29 is 16.8 Å². The molecule has 0 atom stereocenters. The van der Waals surface area contributed by atoms with Crippen LogP contribution in [0.5, 0.6) is 0 Å². The van der Waals surface area contributed by atoms with E-state index in [0.29, 0.717) is 27.6 Å². The zero-order valence-corrected chi connectivity index (χ0v) is 12.9. The molecule has 0 spiro atoms. The van der Waals surface area contributed by atoms with Gasteiger partial charge in [0, 0.05) is 46.0 Å². The Morgan fingerprint density at radius 2 is 1.96 bits per heavy atom. The van der Waals surface area contributed by atoms with E-state index >= 15 is 0 Å². The topological polar surface area (TPSA) is 38.9 Å². The highest BCUT2D eigenvalue weighted by molar-refractivity contribution is 6.08. The highest BCUT2D eigenvalue weighted by Gasteiger charge is 2.19. The number of pyridine rings is 2. The number of fused-ring (bicyclic) bond motifs is 3. The molecule has 0 aliphatic heterocycles. The summed E-state index contributed by atoms with van der Waals surface area (Å²) in [6, 6.07) is 11.4. The zero-order chi connectivity index (χ0) is 24.4. The van der Waals surface area contributed by atoms with Gasteiger partial charge in [-0.2, -0.15) is 0 Å². The number of para-hydroxylation sites is 1. The van der Waals surface area contributed by atoms with Gasteiger partial charge in [-0.25, -0.2) is 4.98 Å². The first-order valence-corrected chi connectivity index (χ1v) is 7.44. The van der Waals surface area contributed by atoms with E-state index in [2.05, 4.69) is 9.97 Å². The summed E-state index contributed by atoms with van der Waals surface area (Å²) in [5, 5.41) is 1.28. The van der Waals surface area contributed by atoms with E-state index in [9.17, 15) is 0 Å². The fraction of sp³-hybridized carbons (Fsp3) is 0.238. The minimum Gasteiger partial charge on any atom is -0.437 e. The average molecular weight is 325 g/mol. The number of hydrogen-bond donors (Lipinski definition) is 0. The second kappa shape index (κ2) is 5.17. The number of furan rings is 1. The van der Waals surface area contributed by atoms with Gasteiger partial charge in [0.1, 0.15) is 5.58 Å². The van der Waals surface area contributed by atoms with Crippen LogP contribution in [0.2, 0.25) is 0 Å². The molecule has 3 heterocycles. The third kappa shape index (κ3) is 2.37. The van der Waals surface area contributed by atoms with Crippen LogP contribution < -0.4 is 0 Å². The van der Waals surface area contributed by atoms with E-state index in [1.807, 2.05) is 0 Å². The molecule has 0 bridgehead atoms. The van der Waals surface area contributed by atoms with Crippen LogP contribution in [-0.2, 0) is 5.41 Å². The fourth-order valence-electron chi connectivity index (χ4n) is 2.71. The second-order valence-corrected chi connectivity index (χ2v) is 5.89. The van der Waals surface area contributed by atoms with Gasteiger partial charge in [-0.05, 0) is 36.7 Å². The summed E-state index contributed by atoms with van der Waals surface area (Å²) < 4.78 is 75.6. The first kappa shape index (κ1) is 7.93. The molecular weight excluding hydrogens is 296 g/mol. The first-order chi connectivity index (χ1) is 15.1. The molecule has 120 valence electrons. The Balaban J connectivity index is 1.90.